The summed E-state index contributed by atoms with van der Waals surface area (Å²) in [6.45, 7) is 3.93. The molecule has 1 amide bonds. The van der Waals surface area contributed by atoms with E-state index in [0.717, 1.165) is 36.8 Å². The maximum absolute atomic E-state index is 11.6. The van der Waals surface area contributed by atoms with Crippen LogP contribution in [0.2, 0.25) is 0 Å². The lowest BCUT2D eigenvalue weighted by Gasteiger charge is -2.23. The Morgan fingerprint density at radius 3 is 2.33 bits per heavy atom. The van der Waals surface area contributed by atoms with E-state index in [1.807, 2.05) is 0 Å². The summed E-state index contributed by atoms with van der Waals surface area (Å²) in [4.78, 5) is 24.4. The molecule has 1 aliphatic heterocycles. The normalized spacial score (nSPS) is 25.6. The van der Waals surface area contributed by atoms with E-state index in [2.05, 4.69) is 14.1 Å². The Bertz CT molecular complexity index is 380. The van der Waals surface area contributed by atoms with Gasteiger partial charge in [-0.1, -0.05) is 6.92 Å². The lowest BCUT2D eigenvalue weighted by molar-refractivity contribution is -0.880. The Balaban J connectivity index is 2.52. The summed E-state index contributed by atoms with van der Waals surface area (Å²) < 4.78 is 0.962. The van der Waals surface area contributed by atoms with Crippen molar-refractivity contribution in [2.45, 2.75) is 32.6 Å². The second-order valence-corrected chi connectivity index (χ2v) is 7.48. The van der Waals surface area contributed by atoms with Crippen LogP contribution in [0.4, 0.5) is 0 Å². The van der Waals surface area contributed by atoms with Crippen molar-refractivity contribution in [2.24, 2.45) is 17.8 Å². The fourth-order valence-electron chi connectivity index (χ4n) is 3.53. The summed E-state index contributed by atoms with van der Waals surface area (Å²) in [6.07, 6.45) is 3.28. The molecule has 0 radical (unpaired) electrons. The van der Waals surface area contributed by atoms with Crippen molar-refractivity contribution in [1.29, 1.82) is 0 Å². The summed E-state index contributed by atoms with van der Waals surface area (Å²) in [5.41, 5.74) is 0. The highest BCUT2D eigenvalue weighted by molar-refractivity contribution is 5.75. The van der Waals surface area contributed by atoms with Crippen molar-refractivity contribution in [2.75, 3.05) is 41.3 Å². The number of carbonyl (C=O) groups is 2. The number of carbonyl (C=O) groups excluding carboxylic acids is 1. The number of amides is 1. The first-order chi connectivity index (χ1) is 9.62. The zero-order chi connectivity index (χ0) is 16.2. The number of quaternary nitrogens is 1. The van der Waals surface area contributed by atoms with Crippen LogP contribution in [0.1, 0.15) is 32.6 Å². The van der Waals surface area contributed by atoms with Gasteiger partial charge < -0.3 is 14.5 Å². The second-order valence-electron chi connectivity index (χ2n) is 7.48. The number of carboxylic acids is 1. The third kappa shape index (κ3) is 5.65. The quantitative estimate of drug-likeness (QED) is 0.728. The first-order valence-electron chi connectivity index (χ1n) is 7.87. The molecule has 1 N–H and O–H groups in total. The summed E-state index contributed by atoms with van der Waals surface area (Å²) in [7, 11) is 8.00. The van der Waals surface area contributed by atoms with E-state index in [1.165, 1.54) is 0 Å². The average molecular weight is 299 g/mol. The Kier molecular flexibility index (Phi) is 6.20. The van der Waals surface area contributed by atoms with Crippen LogP contribution in [0.5, 0.6) is 0 Å². The molecule has 0 bridgehead atoms. The lowest BCUT2D eigenvalue weighted by atomic mass is 9.84. The minimum absolute atomic E-state index is 0.178. The predicted octanol–water partition coefficient (Wildman–Crippen LogP) is 1.68. The zero-order valence-corrected chi connectivity index (χ0v) is 14.1. The van der Waals surface area contributed by atoms with Gasteiger partial charge in [-0.3, -0.25) is 9.59 Å². The molecule has 5 nitrogen and oxygen atoms in total. The number of carboxylic acid groups (broad SMARTS) is 1. The van der Waals surface area contributed by atoms with Crippen molar-refractivity contribution >= 4 is 11.9 Å². The van der Waals surface area contributed by atoms with E-state index in [9.17, 15) is 9.59 Å². The molecule has 1 rings (SSSR count). The molecular weight excluding hydrogens is 268 g/mol. The molecule has 0 saturated carbocycles. The molecule has 0 aromatic carbocycles. The molecule has 1 heterocycles. The first kappa shape index (κ1) is 18.0. The molecular formula is C16H31N2O3+. The third-order valence-corrected chi connectivity index (χ3v) is 4.67. The van der Waals surface area contributed by atoms with E-state index >= 15 is 0 Å². The number of rotatable bonds is 7. The standard InChI is InChI=1S/C16H30N2O3/c1-12(16(20)21)9-14-11-18(4,5)10-13(14)7-6-8-15(19)17(2)3/h12-14H,6-11H2,1-5H3/p+1. The van der Waals surface area contributed by atoms with Gasteiger partial charge in [-0.25, -0.2) is 0 Å². The molecule has 0 aromatic rings. The second kappa shape index (κ2) is 7.25. The van der Waals surface area contributed by atoms with Crippen LogP contribution in [-0.2, 0) is 9.59 Å². The Hall–Kier alpha value is -1.10. The number of likely N-dealkylation sites (tertiary alicyclic amines) is 1. The lowest BCUT2D eigenvalue weighted by Crippen LogP contribution is -2.37. The molecule has 3 atom stereocenters. The largest absolute Gasteiger partial charge is 0.481 e. The zero-order valence-electron chi connectivity index (χ0n) is 14.1. The fraction of sp³-hybridized carbons (Fsp3) is 0.875. The molecule has 0 spiro atoms. The molecule has 21 heavy (non-hydrogen) atoms. The van der Waals surface area contributed by atoms with Crippen LogP contribution in [0.3, 0.4) is 0 Å². The fourth-order valence-corrected chi connectivity index (χ4v) is 3.53. The number of hydrogen-bond acceptors (Lipinski definition) is 2. The number of nitrogens with zero attached hydrogens (tertiary/aromatic N) is 2. The van der Waals surface area contributed by atoms with Gasteiger partial charge in [-0.15, -0.1) is 0 Å². The monoisotopic (exact) mass is 299 g/mol. The Labute approximate surface area is 128 Å². The van der Waals surface area contributed by atoms with Gasteiger partial charge in [-0.05, 0) is 19.3 Å². The van der Waals surface area contributed by atoms with Crippen LogP contribution in [0.25, 0.3) is 0 Å². The van der Waals surface area contributed by atoms with Gasteiger partial charge in [0.15, 0.2) is 0 Å². The molecule has 3 unspecified atom stereocenters. The van der Waals surface area contributed by atoms with Gasteiger partial charge >= 0.3 is 5.97 Å². The molecule has 122 valence electrons. The summed E-state index contributed by atoms with van der Waals surface area (Å²) in [5.74, 6) is 0.197. The van der Waals surface area contributed by atoms with Crippen LogP contribution >= 0.6 is 0 Å². The van der Waals surface area contributed by atoms with E-state index in [0.29, 0.717) is 18.3 Å². The van der Waals surface area contributed by atoms with Gasteiger partial charge in [0.2, 0.25) is 5.91 Å². The van der Waals surface area contributed by atoms with Gasteiger partial charge in [0.25, 0.3) is 0 Å². The minimum atomic E-state index is -0.700. The molecule has 0 aliphatic carbocycles. The van der Waals surface area contributed by atoms with Crippen molar-refractivity contribution in [3.05, 3.63) is 0 Å². The van der Waals surface area contributed by atoms with E-state index in [4.69, 9.17) is 5.11 Å². The van der Waals surface area contributed by atoms with Crippen molar-refractivity contribution < 1.29 is 19.2 Å². The topological polar surface area (TPSA) is 57.6 Å². The predicted molar refractivity (Wildman–Crippen MR) is 82.8 cm³/mol. The van der Waals surface area contributed by atoms with Gasteiger partial charge in [0.1, 0.15) is 0 Å². The average Bonchev–Trinajstić information content (AvgIpc) is 2.63. The highest BCUT2D eigenvalue weighted by atomic mass is 16.4. The van der Waals surface area contributed by atoms with Crippen molar-refractivity contribution in [3.63, 3.8) is 0 Å². The van der Waals surface area contributed by atoms with E-state index in [-0.39, 0.29) is 11.8 Å². The highest BCUT2D eigenvalue weighted by Gasteiger charge is 2.40. The molecule has 5 heteroatoms. The minimum Gasteiger partial charge on any atom is -0.481 e. The van der Waals surface area contributed by atoms with Crippen LogP contribution in [0, 0.1) is 17.8 Å². The maximum atomic E-state index is 11.6. The highest BCUT2D eigenvalue weighted by Crippen LogP contribution is 2.35. The van der Waals surface area contributed by atoms with Crippen molar-refractivity contribution in [1.82, 2.24) is 4.90 Å². The third-order valence-electron chi connectivity index (χ3n) is 4.67. The first-order valence-corrected chi connectivity index (χ1v) is 7.87. The van der Waals surface area contributed by atoms with Crippen LogP contribution in [-0.4, -0.2) is 67.6 Å². The number of aliphatic carboxylic acids is 1. The van der Waals surface area contributed by atoms with Gasteiger partial charge in [0, 0.05) is 32.4 Å². The Morgan fingerprint density at radius 1 is 1.24 bits per heavy atom. The Morgan fingerprint density at radius 2 is 1.81 bits per heavy atom. The SMILES string of the molecule is CC(CC1C[N+](C)(C)CC1CCCC(=O)N(C)C)C(=O)O. The molecule has 0 aromatic heterocycles. The summed E-state index contributed by atoms with van der Waals surface area (Å²) in [6, 6.07) is 0. The van der Waals surface area contributed by atoms with E-state index < -0.39 is 5.97 Å². The molecule has 1 fully saturated rings. The number of hydrogen-bond donors (Lipinski definition) is 1. The summed E-state index contributed by atoms with van der Waals surface area (Å²) >= 11 is 0. The smallest absolute Gasteiger partial charge is 0.306 e. The summed E-state index contributed by atoms with van der Waals surface area (Å²) in [5, 5.41) is 9.11. The van der Waals surface area contributed by atoms with Gasteiger partial charge in [0.05, 0.1) is 33.1 Å². The molecule has 1 saturated heterocycles. The molecule has 1 aliphatic rings. The maximum Gasteiger partial charge on any atom is 0.306 e. The van der Waals surface area contributed by atoms with E-state index in [1.54, 1.807) is 25.9 Å². The van der Waals surface area contributed by atoms with Crippen LogP contribution < -0.4 is 0 Å². The van der Waals surface area contributed by atoms with Crippen molar-refractivity contribution in [3.8, 4) is 0 Å². The van der Waals surface area contributed by atoms with Gasteiger partial charge in [-0.2, -0.15) is 0 Å². The van der Waals surface area contributed by atoms with Crippen LogP contribution in [0.15, 0.2) is 0 Å².